The Morgan fingerprint density at radius 1 is 1.56 bits per heavy atom. The highest BCUT2D eigenvalue weighted by atomic mass is 19.1. The van der Waals surface area contributed by atoms with Gasteiger partial charge < -0.3 is 10.0 Å². The maximum atomic E-state index is 14.0. The lowest BCUT2D eigenvalue weighted by Crippen LogP contribution is -2.29. The van der Waals surface area contributed by atoms with Gasteiger partial charge in [0.1, 0.15) is 5.82 Å². The molecule has 4 heteroatoms. The van der Waals surface area contributed by atoms with Crippen LogP contribution in [0, 0.1) is 17.1 Å². The molecule has 1 aliphatic rings. The quantitative estimate of drug-likeness (QED) is 0.871. The lowest BCUT2D eigenvalue weighted by molar-refractivity contribution is 0.199. The number of hydrogen-bond donors (Lipinski definition) is 1. The smallest absolute Gasteiger partial charge is 0.146 e. The van der Waals surface area contributed by atoms with Gasteiger partial charge in [-0.2, -0.15) is 5.26 Å². The van der Waals surface area contributed by atoms with Gasteiger partial charge in [-0.15, -0.1) is 0 Å². The van der Waals surface area contributed by atoms with Crippen LogP contribution in [-0.4, -0.2) is 17.7 Å². The second kappa shape index (κ2) is 5.36. The number of hydrogen-bond acceptors (Lipinski definition) is 3. The first-order chi connectivity index (χ1) is 8.65. The minimum Gasteiger partial charge on any atom is -0.389 e. The fourth-order valence-corrected chi connectivity index (χ4v) is 2.21. The Kier molecular flexibility index (Phi) is 3.83. The van der Waals surface area contributed by atoms with Gasteiger partial charge in [0.2, 0.25) is 0 Å². The lowest BCUT2D eigenvalue weighted by atomic mass is 10.1. The number of aliphatic hydroxyl groups is 1. The number of rotatable bonds is 5. The molecule has 0 unspecified atom stereocenters. The van der Waals surface area contributed by atoms with E-state index in [1.165, 1.54) is 6.07 Å². The van der Waals surface area contributed by atoms with Crippen LogP contribution in [-0.2, 0) is 0 Å². The predicted molar refractivity (Wildman–Crippen MR) is 67.6 cm³/mol. The van der Waals surface area contributed by atoms with Gasteiger partial charge in [0.25, 0.3) is 0 Å². The third-order valence-electron chi connectivity index (χ3n) is 3.21. The zero-order valence-corrected chi connectivity index (χ0v) is 10.4. The zero-order valence-electron chi connectivity index (χ0n) is 10.4. The largest absolute Gasteiger partial charge is 0.389 e. The molecule has 1 aromatic rings. The molecule has 96 valence electrons. The molecule has 1 saturated carbocycles. The number of halogens is 1. The van der Waals surface area contributed by atoms with E-state index in [2.05, 4.69) is 6.07 Å². The van der Waals surface area contributed by atoms with Crippen molar-refractivity contribution in [1.29, 1.82) is 5.26 Å². The number of nitrogens with zero attached hydrogens (tertiary/aromatic N) is 2. The second-order valence-electron chi connectivity index (χ2n) is 4.69. The van der Waals surface area contributed by atoms with Crippen molar-refractivity contribution in [3.63, 3.8) is 0 Å². The Labute approximate surface area is 106 Å². The average molecular weight is 248 g/mol. The third kappa shape index (κ3) is 2.62. The highest BCUT2D eigenvalue weighted by Crippen LogP contribution is 2.37. The van der Waals surface area contributed by atoms with Gasteiger partial charge in [0.15, 0.2) is 0 Å². The van der Waals surface area contributed by atoms with Crippen LogP contribution in [0.15, 0.2) is 18.2 Å². The van der Waals surface area contributed by atoms with E-state index in [0.717, 1.165) is 12.8 Å². The van der Waals surface area contributed by atoms with Crippen LogP contribution in [0.3, 0.4) is 0 Å². The minimum atomic E-state index is -0.709. The topological polar surface area (TPSA) is 47.3 Å². The number of para-hydroxylation sites is 1. The fraction of sp³-hybridized carbons (Fsp3) is 0.500. The van der Waals surface area contributed by atoms with Gasteiger partial charge in [-0.1, -0.05) is 12.1 Å². The van der Waals surface area contributed by atoms with Crippen molar-refractivity contribution in [2.45, 2.75) is 38.3 Å². The van der Waals surface area contributed by atoms with Crippen molar-refractivity contribution in [3.8, 4) is 6.07 Å². The van der Waals surface area contributed by atoms with E-state index < -0.39 is 6.10 Å². The van der Waals surface area contributed by atoms with Crippen molar-refractivity contribution in [2.24, 2.45) is 0 Å². The van der Waals surface area contributed by atoms with Crippen molar-refractivity contribution in [3.05, 3.63) is 29.6 Å². The molecule has 0 saturated heterocycles. The summed E-state index contributed by atoms with van der Waals surface area (Å²) >= 11 is 0. The van der Waals surface area contributed by atoms with E-state index in [4.69, 9.17) is 5.26 Å². The van der Waals surface area contributed by atoms with Gasteiger partial charge in [-0.05, 0) is 25.8 Å². The van der Waals surface area contributed by atoms with Gasteiger partial charge in [-0.3, -0.25) is 0 Å². The van der Waals surface area contributed by atoms with Gasteiger partial charge in [0.05, 0.1) is 24.3 Å². The summed E-state index contributed by atoms with van der Waals surface area (Å²) in [4.78, 5) is 1.93. The first-order valence-corrected chi connectivity index (χ1v) is 6.25. The van der Waals surface area contributed by atoms with E-state index in [1.54, 1.807) is 19.1 Å². The van der Waals surface area contributed by atoms with E-state index in [-0.39, 0.29) is 5.82 Å². The van der Waals surface area contributed by atoms with Gasteiger partial charge in [0, 0.05) is 18.2 Å². The second-order valence-corrected chi connectivity index (χ2v) is 4.69. The Balaban J connectivity index is 2.36. The van der Waals surface area contributed by atoms with Crippen LogP contribution >= 0.6 is 0 Å². The van der Waals surface area contributed by atoms with Crippen molar-refractivity contribution >= 4 is 5.69 Å². The number of nitriles is 1. The minimum absolute atomic E-state index is 0.313. The maximum absolute atomic E-state index is 14.0. The van der Waals surface area contributed by atoms with Gasteiger partial charge in [-0.25, -0.2) is 4.39 Å². The molecule has 1 N–H and O–H groups in total. The molecule has 0 aliphatic heterocycles. The molecule has 0 radical (unpaired) electrons. The molecule has 1 fully saturated rings. The molecule has 2 rings (SSSR count). The number of benzene rings is 1. The van der Waals surface area contributed by atoms with Crippen LogP contribution in [0.1, 0.15) is 37.9 Å². The highest BCUT2D eigenvalue weighted by molar-refractivity contribution is 5.57. The Morgan fingerprint density at radius 3 is 2.83 bits per heavy atom. The lowest BCUT2D eigenvalue weighted by Gasteiger charge is -2.27. The maximum Gasteiger partial charge on any atom is 0.146 e. The van der Waals surface area contributed by atoms with E-state index in [1.807, 2.05) is 4.90 Å². The van der Waals surface area contributed by atoms with Crippen molar-refractivity contribution in [2.75, 3.05) is 11.4 Å². The molecule has 0 aromatic heterocycles. The molecule has 1 aromatic carbocycles. The zero-order chi connectivity index (χ0) is 13.1. The van der Waals surface area contributed by atoms with Crippen LogP contribution in [0.2, 0.25) is 0 Å². The SMILES string of the molecule is C[C@@H](O)c1cccc(F)c1N(CCC#N)C1CC1. The molecular weight excluding hydrogens is 231 g/mol. The molecule has 1 aliphatic carbocycles. The number of aliphatic hydroxyl groups excluding tert-OH is 1. The van der Waals surface area contributed by atoms with E-state index >= 15 is 0 Å². The van der Waals surface area contributed by atoms with E-state index in [0.29, 0.717) is 30.3 Å². The molecule has 18 heavy (non-hydrogen) atoms. The molecule has 0 spiro atoms. The van der Waals surface area contributed by atoms with Crippen LogP contribution in [0.5, 0.6) is 0 Å². The van der Waals surface area contributed by atoms with E-state index in [9.17, 15) is 9.50 Å². The summed E-state index contributed by atoms with van der Waals surface area (Å²) in [7, 11) is 0. The first-order valence-electron chi connectivity index (χ1n) is 6.25. The first kappa shape index (κ1) is 12.8. The standard InChI is InChI=1S/C14H17FN2O/c1-10(18)12-4-2-5-13(15)14(12)17(9-3-8-16)11-6-7-11/h2,4-5,10-11,18H,3,6-7,9H2,1H3/t10-/m1/s1. The summed E-state index contributed by atoms with van der Waals surface area (Å²) in [6, 6.07) is 7.16. The summed E-state index contributed by atoms with van der Waals surface area (Å²) < 4.78 is 14.0. The Morgan fingerprint density at radius 2 is 2.28 bits per heavy atom. The number of anilines is 1. The Bertz CT molecular complexity index is 463. The van der Waals surface area contributed by atoms with Crippen LogP contribution < -0.4 is 4.90 Å². The Hall–Kier alpha value is -1.60. The summed E-state index contributed by atoms with van der Waals surface area (Å²) in [5.41, 5.74) is 1.06. The molecule has 1 atom stereocenters. The molecular formula is C14H17FN2O. The summed E-state index contributed by atoms with van der Waals surface area (Å²) in [5.74, 6) is -0.321. The fourth-order valence-electron chi connectivity index (χ4n) is 2.21. The monoisotopic (exact) mass is 248 g/mol. The van der Waals surface area contributed by atoms with Gasteiger partial charge >= 0.3 is 0 Å². The molecule has 0 amide bonds. The third-order valence-corrected chi connectivity index (χ3v) is 3.21. The summed E-state index contributed by atoms with van der Waals surface area (Å²) in [5, 5.41) is 18.4. The van der Waals surface area contributed by atoms with Crippen molar-refractivity contribution < 1.29 is 9.50 Å². The predicted octanol–water partition coefficient (Wildman–Crippen LogP) is 2.76. The van der Waals surface area contributed by atoms with Crippen molar-refractivity contribution in [1.82, 2.24) is 0 Å². The normalized spacial score (nSPS) is 16.1. The average Bonchev–Trinajstić information content (AvgIpc) is 3.15. The highest BCUT2D eigenvalue weighted by Gasteiger charge is 2.32. The summed E-state index contributed by atoms with van der Waals surface area (Å²) in [6.07, 6.45) is 1.71. The molecule has 0 bridgehead atoms. The molecule has 3 nitrogen and oxygen atoms in total. The van der Waals surface area contributed by atoms with Crippen LogP contribution in [0.4, 0.5) is 10.1 Å². The van der Waals surface area contributed by atoms with Crippen LogP contribution in [0.25, 0.3) is 0 Å². The molecule has 0 heterocycles. The summed E-state index contributed by atoms with van der Waals surface area (Å²) in [6.45, 7) is 2.15.